The van der Waals surface area contributed by atoms with Gasteiger partial charge in [-0.25, -0.2) is 0 Å². The minimum Gasteiger partial charge on any atom is -0.342 e. The van der Waals surface area contributed by atoms with Crippen molar-refractivity contribution < 1.29 is 4.79 Å². The van der Waals surface area contributed by atoms with Crippen molar-refractivity contribution in [2.24, 2.45) is 17.6 Å². The highest BCUT2D eigenvalue weighted by molar-refractivity contribution is 5.76. The highest BCUT2D eigenvalue weighted by atomic mass is 16.2. The van der Waals surface area contributed by atoms with Gasteiger partial charge >= 0.3 is 0 Å². The smallest absolute Gasteiger partial charge is 0.222 e. The second-order valence-electron chi connectivity index (χ2n) is 6.91. The fourth-order valence-corrected chi connectivity index (χ4v) is 4.09. The number of nitrogens with two attached hydrogens (primary N) is 1. The molecule has 122 valence electrons. The number of likely N-dealkylation sites (tertiary alicyclic amines) is 1. The van der Waals surface area contributed by atoms with Crippen molar-refractivity contribution in [2.45, 2.75) is 58.4 Å². The Balaban J connectivity index is 1.68. The Morgan fingerprint density at radius 2 is 1.86 bits per heavy atom. The molecule has 2 aliphatic rings. The van der Waals surface area contributed by atoms with Gasteiger partial charge in [-0.1, -0.05) is 13.8 Å². The summed E-state index contributed by atoms with van der Waals surface area (Å²) in [7, 11) is 0. The lowest BCUT2D eigenvalue weighted by Crippen LogP contribution is -2.34. The topological polar surface area (TPSA) is 49.6 Å². The quantitative estimate of drug-likeness (QED) is 0.746. The average Bonchev–Trinajstić information content (AvgIpc) is 3.02. The first-order valence-electron chi connectivity index (χ1n) is 8.91. The Labute approximate surface area is 130 Å². The van der Waals surface area contributed by atoms with Gasteiger partial charge in [0.1, 0.15) is 0 Å². The lowest BCUT2D eigenvalue weighted by atomic mass is 9.98. The third-order valence-corrected chi connectivity index (χ3v) is 5.21. The van der Waals surface area contributed by atoms with E-state index in [4.69, 9.17) is 5.73 Å². The van der Waals surface area contributed by atoms with Crippen molar-refractivity contribution in [1.82, 2.24) is 9.80 Å². The van der Waals surface area contributed by atoms with Crippen molar-refractivity contribution >= 4 is 5.91 Å². The molecular formula is C17H33N3O. The zero-order valence-electron chi connectivity index (χ0n) is 13.9. The molecule has 1 saturated heterocycles. The van der Waals surface area contributed by atoms with Crippen molar-refractivity contribution in [3.8, 4) is 0 Å². The highest BCUT2D eigenvalue weighted by Crippen LogP contribution is 2.37. The van der Waals surface area contributed by atoms with Gasteiger partial charge in [0, 0.05) is 25.6 Å². The lowest BCUT2D eigenvalue weighted by Gasteiger charge is -2.22. The zero-order valence-corrected chi connectivity index (χ0v) is 13.9. The van der Waals surface area contributed by atoms with Crippen molar-refractivity contribution in [3.63, 3.8) is 0 Å². The summed E-state index contributed by atoms with van der Waals surface area (Å²) in [5, 5.41) is 0. The lowest BCUT2D eigenvalue weighted by molar-refractivity contribution is -0.130. The van der Waals surface area contributed by atoms with Crippen LogP contribution in [-0.4, -0.2) is 54.5 Å². The molecule has 2 fully saturated rings. The molecule has 0 spiro atoms. The van der Waals surface area contributed by atoms with E-state index in [2.05, 4.69) is 23.6 Å². The van der Waals surface area contributed by atoms with E-state index >= 15 is 0 Å². The summed E-state index contributed by atoms with van der Waals surface area (Å²) < 4.78 is 0. The molecule has 1 heterocycles. The van der Waals surface area contributed by atoms with Gasteiger partial charge in [-0.3, -0.25) is 4.79 Å². The van der Waals surface area contributed by atoms with Gasteiger partial charge < -0.3 is 15.5 Å². The molecular weight excluding hydrogens is 262 g/mol. The van der Waals surface area contributed by atoms with Crippen LogP contribution in [0.2, 0.25) is 0 Å². The summed E-state index contributed by atoms with van der Waals surface area (Å²) in [5.74, 6) is 1.61. The Morgan fingerprint density at radius 3 is 2.48 bits per heavy atom. The largest absolute Gasteiger partial charge is 0.342 e. The monoisotopic (exact) mass is 295 g/mol. The van der Waals surface area contributed by atoms with Crippen LogP contribution in [0.3, 0.4) is 0 Å². The fourth-order valence-electron chi connectivity index (χ4n) is 4.09. The number of carbonyl (C=O) groups excluding carboxylic acids is 1. The van der Waals surface area contributed by atoms with Gasteiger partial charge in [-0.2, -0.15) is 0 Å². The minimum atomic E-state index is 0.331. The number of hydrogen-bond donors (Lipinski definition) is 1. The highest BCUT2D eigenvalue weighted by Gasteiger charge is 2.42. The molecule has 0 bridgehead atoms. The molecule has 0 aromatic carbocycles. The molecule has 1 aliphatic heterocycles. The van der Waals surface area contributed by atoms with Gasteiger partial charge in [-0.05, 0) is 63.6 Å². The molecule has 3 unspecified atom stereocenters. The van der Waals surface area contributed by atoms with E-state index in [1.165, 1.54) is 19.3 Å². The molecule has 2 N–H and O–H groups in total. The molecule has 4 heteroatoms. The maximum absolute atomic E-state index is 12.3. The zero-order chi connectivity index (χ0) is 15.2. The fraction of sp³-hybridized carbons (Fsp3) is 0.941. The number of fused-ring (bicyclic) bond motifs is 1. The summed E-state index contributed by atoms with van der Waals surface area (Å²) in [6.07, 6.45) is 6.47. The first kappa shape index (κ1) is 16.8. The normalized spacial score (nSPS) is 28.4. The van der Waals surface area contributed by atoms with Crippen LogP contribution in [0.5, 0.6) is 0 Å². The van der Waals surface area contributed by atoms with Gasteiger partial charge in [0.05, 0.1) is 0 Å². The Hall–Kier alpha value is -0.610. The van der Waals surface area contributed by atoms with E-state index in [9.17, 15) is 4.79 Å². The second-order valence-corrected chi connectivity index (χ2v) is 6.91. The molecule has 1 aliphatic carbocycles. The molecule has 1 saturated carbocycles. The van der Waals surface area contributed by atoms with E-state index in [1.54, 1.807) is 0 Å². The van der Waals surface area contributed by atoms with Crippen LogP contribution < -0.4 is 5.73 Å². The van der Waals surface area contributed by atoms with Crippen LogP contribution in [0.4, 0.5) is 0 Å². The van der Waals surface area contributed by atoms with Gasteiger partial charge in [-0.15, -0.1) is 0 Å². The molecule has 3 atom stereocenters. The maximum Gasteiger partial charge on any atom is 0.222 e. The van der Waals surface area contributed by atoms with E-state index in [1.807, 2.05) is 0 Å². The number of nitrogens with zero attached hydrogens (tertiary/aromatic N) is 2. The molecule has 2 rings (SSSR count). The van der Waals surface area contributed by atoms with Crippen LogP contribution in [0.1, 0.15) is 52.4 Å². The number of carbonyl (C=O) groups is 1. The Bertz CT molecular complexity index is 328. The van der Waals surface area contributed by atoms with Gasteiger partial charge in [0.25, 0.3) is 0 Å². The average molecular weight is 295 g/mol. The van der Waals surface area contributed by atoms with E-state index in [0.29, 0.717) is 30.2 Å². The van der Waals surface area contributed by atoms with Crippen LogP contribution in [0.25, 0.3) is 0 Å². The molecule has 0 aromatic rings. The Morgan fingerprint density at radius 1 is 1.14 bits per heavy atom. The van der Waals surface area contributed by atoms with Crippen molar-refractivity contribution in [1.29, 1.82) is 0 Å². The number of hydrogen-bond acceptors (Lipinski definition) is 3. The van der Waals surface area contributed by atoms with Gasteiger partial charge in [0.2, 0.25) is 5.91 Å². The summed E-state index contributed by atoms with van der Waals surface area (Å²) in [4.78, 5) is 16.9. The molecule has 4 nitrogen and oxygen atoms in total. The number of amides is 1. The summed E-state index contributed by atoms with van der Waals surface area (Å²) in [6, 6.07) is 0.331. The third-order valence-electron chi connectivity index (χ3n) is 5.21. The second kappa shape index (κ2) is 8.14. The van der Waals surface area contributed by atoms with Crippen LogP contribution in [0.15, 0.2) is 0 Å². The predicted octanol–water partition coefficient (Wildman–Crippen LogP) is 2.08. The van der Waals surface area contributed by atoms with Crippen LogP contribution in [0, 0.1) is 11.8 Å². The first-order valence-corrected chi connectivity index (χ1v) is 8.91. The molecule has 1 amide bonds. The molecule has 0 aromatic heterocycles. The first-order chi connectivity index (χ1) is 10.2. The van der Waals surface area contributed by atoms with Crippen molar-refractivity contribution in [3.05, 3.63) is 0 Å². The summed E-state index contributed by atoms with van der Waals surface area (Å²) in [5.41, 5.74) is 6.14. The standard InChI is InChI=1S/C17H33N3O/c1-3-9-19(10-4-2)11-5-6-17(21)20-12-14-7-8-16(18)15(14)13-20/h14-16H,3-13,18H2,1-2H3. The van der Waals surface area contributed by atoms with E-state index < -0.39 is 0 Å². The van der Waals surface area contributed by atoms with E-state index in [0.717, 1.165) is 45.6 Å². The molecule has 0 radical (unpaired) electrons. The summed E-state index contributed by atoms with van der Waals surface area (Å²) in [6.45, 7) is 9.70. The van der Waals surface area contributed by atoms with Crippen LogP contribution >= 0.6 is 0 Å². The van der Waals surface area contributed by atoms with Crippen LogP contribution in [-0.2, 0) is 4.79 Å². The van der Waals surface area contributed by atoms with E-state index in [-0.39, 0.29) is 0 Å². The third kappa shape index (κ3) is 4.43. The minimum absolute atomic E-state index is 0.331. The number of rotatable bonds is 8. The van der Waals surface area contributed by atoms with Crippen molar-refractivity contribution in [2.75, 3.05) is 32.7 Å². The summed E-state index contributed by atoms with van der Waals surface area (Å²) >= 11 is 0. The Kier molecular flexibility index (Phi) is 6.49. The maximum atomic E-state index is 12.3. The SMILES string of the molecule is CCCN(CCC)CCCC(=O)N1CC2CCC(N)C2C1. The molecule has 21 heavy (non-hydrogen) atoms. The predicted molar refractivity (Wildman–Crippen MR) is 87.0 cm³/mol. The van der Waals surface area contributed by atoms with Gasteiger partial charge in [0.15, 0.2) is 0 Å².